The fourth-order valence-corrected chi connectivity index (χ4v) is 7.87. The van der Waals surface area contributed by atoms with Gasteiger partial charge in [-0.25, -0.2) is 8.78 Å². The minimum atomic E-state index is -0.742. The summed E-state index contributed by atoms with van der Waals surface area (Å²) in [6, 6.07) is 18.2. The van der Waals surface area contributed by atoms with Crippen LogP contribution in [0.25, 0.3) is 11.3 Å². The van der Waals surface area contributed by atoms with Crippen molar-refractivity contribution < 1.29 is 27.6 Å². The highest BCUT2D eigenvalue weighted by molar-refractivity contribution is 6.33. The fraction of sp³-hybridized carbons (Fsp3) is 0.421. The lowest BCUT2D eigenvalue weighted by atomic mass is 9.76. The summed E-state index contributed by atoms with van der Waals surface area (Å²) in [6.07, 6.45) is 6.79. The molecule has 4 aromatic rings. The van der Waals surface area contributed by atoms with Gasteiger partial charge in [-0.05, 0) is 97.9 Å². The third kappa shape index (κ3) is 7.50. The molecule has 1 N–H and O–H groups in total. The Balaban J connectivity index is 1.05. The van der Waals surface area contributed by atoms with E-state index >= 15 is 0 Å². The van der Waals surface area contributed by atoms with Crippen LogP contribution in [0.5, 0.6) is 5.75 Å². The van der Waals surface area contributed by atoms with Crippen molar-refractivity contribution >= 4 is 29.1 Å². The molecule has 0 spiro atoms. The predicted octanol–water partition coefficient (Wildman–Crippen LogP) is 8.50. The van der Waals surface area contributed by atoms with Crippen molar-refractivity contribution in [2.75, 3.05) is 13.7 Å². The number of carbonyl (C=O) groups is 1. The van der Waals surface area contributed by atoms with E-state index in [1.54, 1.807) is 7.11 Å². The number of amides is 1. The van der Waals surface area contributed by atoms with Crippen LogP contribution < -0.4 is 10.1 Å². The van der Waals surface area contributed by atoms with Crippen LogP contribution in [0, 0.1) is 17.6 Å². The molecule has 0 radical (unpaired) electrons. The van der Waals surface area contributed by atoms with Gasteiger partial charge in [-0.2, -0.15) is 0 Å². The van der Waals surface area contributed by atoms with Crippen molar-refractivity contribution in [2.45, 2.75) is 82.1 Å². The molecule has 2 saturated heterocycles. The summed E-state index contributed by atoms with van der Waals surface area (Å²) in [5, 5.41) is 7.94. The Morgan fingerprint density at radius 2 is 1.82 bits per heavy atom. The molecule has 2 bridgehead atoms. The van der Waals surface area contributed by atoms with Gasteiger partial charge in [0.1, 0.15) is 29.7 Å². The summed E-state index contributed by atoms with van der Waals surface area (Å²) in [5.41, 5.74) is 3.23. The molecule has 1 amide bonds. The molecule has 4 atom stereocenters. The number of hydrogen-bond donors (Lipinski definition) is 1. The quantitative estimate of drug-likeness (QED) is 0.111. The molecule has 258 valence electrons. The summed E-state index contributed by atoms with van der Waals surface area (Å²) in [4.78, 5) is 16.7. The number of nitrogens with zero attached hydrogens (tertiary/aromatic N) is 2. The first-order chi connectivity index (χ1) is 23.8. The average Bonchev–Trinajstić information content (AvgIpc) is 3.73. The van der Waals surface area contributed by atoms with E-state index in [0.29, 0.717) is 35.7 Å². The number of hydrogen-bond acceptors (Lipinski definition) is 6. The van der Waals surface area contributed by atoms with E-state index in [4.69, 9.17) is 37.2 Å². The topological polar surface area (TPSA) is 76.8 Å². The van der Waals surface area contributed by atoms with E-state index in [1.165, 1.54) is 11.6 Å². The zero-order valence-electron chi connectivity index (χ0n) is 27.3. The minimum absolute atomic E-state index is 0.0337. The second kappa shape index (κ2) is 14.8. The minimum Gasteiger partial charge on any atom is -0.486 e. The highest BCUT2D eigenvalue weighted by atomic mass is 35.5. The summed E-state index contributed by atoms with van der Waals surface area (Å²) in [5.74, 6) is -0.414. The van der Waals surface area contributed by atoms with Crippen LogP contribution in [0.15, 0.2) is 65.2 Å². The van der Waals surface area contributed by atoms with E-state index in [-0.39, 0.29) is 52.7 Å². The van der Waals surface area contributed by atoms with Gasteiger partial charge in [0.05, 0.1) is 16.5 Å². The molecule has 0 unspecified atom stereocenters. The van der Waals surface area contributed by atoms with E-state index in [1.807, 2.05) is 30.3 Å². The fourth-order valence-electron chi connectivity index (χ4n) is 7.44. The van der Waals surface area contributed by atoms with E-state index in [9.17, 15) is 13.6 Å². The zero-order chi connectivity index (χ0) is 34.1. The Morgan fingerprint density at radius 1 is 1.02 bits per heavy atom. The molecule has 3 heterocycles. The molecule has 11 heteroatoms. The zero-order valence-corrected chi connectivity index (χ0v) is 28.8. The Hall–Kier alpha value is -3.50. The number of nitrogens with one attached hydrogen (secondary N) is 1. The smallest absolute Gasteiger partial charge is 0.228 e. The highest BCUT2D eigenvalue weighted by Gasteiger charge is 2.48. The predicted molar refractivity (Wildman–Crippen MR) is 184 cm³/mol. The number of fused-ring (bicyclic) bond motifs is 2. The maximum atomic E-state index is 14.6. The third-order valence-electron chi connectivity index (χ3n) is 10.1. The lowest BCUT2D eigenvalue weighted by Gasteiger charge is -2.40. The molecule has 3 aromatic carbocycles. The van der Waals surface area contributed by atoms with Crippen LogP contribution in [0.4, 0.5) is 8.78 Å². The summed E-state index contributed by atoms with van der Waals surface area (Å²) in [6.45, 7) is 1.24. The monoisotopic (exact) mass is 709 g/mol. The van der Waals surface area contributed by atoms with Crippen LogP contribution in [-0.4, -0.2) is 47.8 Å². The van der Waals surface area contributed by atoms with E-state index in [2.05, 4.69) is 27.5 Å². The van der Waals surface area contributed by atoms with Gasteiger partial charge in [-0.1, -0.05) is 52.6 Å². The van der Waals surface area contributed by atoms with Gasteiger partial charge in [-0.3, -0.25) is 4.79 Å². The number of ether oxygens (including phenoxy) is 2. The highest BCUT2D eigenvalue weighted by Crippen LogP contribution is 2.45. The second-order valence-electron chi connectivity index (χ2n) is 13.4. The third-order valence-corrected chi connectivity index (χ3v) is 10.8. The summed E-state index contributed by atoms with van der Waals surface area (Å²) < 4.78 is 44.8. The average molecular weight is 711 g/mol. The van der Waals surface area contributed by atoms with E-state index < -0.39 is 11.6 Å². The molecule has 1 aromatic heterocycles. The van der Waals surface area contributed by atoms with Crippen LogP contribution in [-0.2, 0) is 29.1 Å². The first-order valence-corrected chi connectivity index (χ1v) is 17.7. The molecule has 49 heavy (non-hydrogen) atoms. The van der Waals surface area contributed by atoms with Crippen LogP contribution in [0.2, 0.25) is 10.0 Å². The van der Waals surface area contributed by atoms with Crippen LogP contribution in [0.1, 0.15) is 66.9 Å². The number of piperidine rings is 1. The standard InChI is InChI=1S/C38H39Cl2F2N3O4/c1-47-16-2-3-22-4-12-30(39)24(17-22)20-45(26-8-9-26)38(46)35-29(18-25-7-15-33(35)43-25)23-5-10-27(11-6-23)48-21-28-19-34(44-49-28)36-31(41)13-14-32(42)37(36)40/h4-6,10-14,17,19,25-26,29,33,35,43H,2-3,7-9,15-16,18,20-21H2,1H3/t25-,29+,33-,35+/m0/s1. The van der Waals surface area contributed by atoms with Gasteiger partial charge in [0.15, 0.2) is 5.76 Å². The van der Waals surface area contributed by atoms with Crippen molar-refractivity contribution in [1.29, 1.82) is 0 Å². The Labute approximate surface area is 294 Å². The number of aromatic nitrogens is 1. The molecule has 7 rings (SSSR count). The van der Waals surface area contributed by atoms with E-state index in [0.717, 1.165) is 68.2 Å². The van der Waals surface area contributed by atoms with Crippen molar-refractivity contribution in [3.63, 3.8) is 0 Å². The van der Waals surface area contributed by atoms with Gasteiger partial charge in [0, 0.05) is 49.5 Å². The van der Waals surface area contributed by atoms with Gasteiger partial charge < -0.3 is 24.2 Å². The maximum absolute atomic E-state index is 14.6. The number of rotatable bonds is 13. The normalized spacial score (nSPS) is 21.6. The van der Waals surface area contributed by atoms with Gasteiger partial charge in [0.25, 0.3) is 0 Å². The molecule has 3 fully saturated rings. The Morgan fingerprint density at radius 3 is 2.59 bits per heavy atom. The van der Waals surface area contributed by atoms with Crippen molar-refractivity contribution in [1.82, 2.24) is 15.4 Å². The number of aryl methyl sites for hydroxylation is 1. The first kappa shape index (κ1) is 34.0. The summed E-state index contributed by atoms with van der Waals surface area (Å²) >= 11 is 12.7. The molecular formula is C38H39Cl2F2N3O4. The van der Waals surface area contributed by atoms with Crippen LogP contribution >= 0.6 is 23.2 Å². The number of carbonyl (C=O) groups excluding carboxylic acids is 1. The van der Waals surface area contributed by atoms with Crippen molar-refractivity contribution in [2.24, 2.45) is 5.92 Å². The first-order valence-electron chi connectivity index (χ1n) is 16.9. The number of halogens is 4. The van der Waals surface area contributed by atoms with Crippen molar-refractivity contribution in [3.8, 4) is 17.0 Å². The van der Waals surface area contributed by atoms with Gasteiger partial charge >= 0.3 is 0 Å². The summed E-state index contributed by atoms with van der Waals surface area (Å²) in [7, 11) is 1.71. The van der Waals surface area contributed by atoms with Crippen molar-refractivity contribution in [3.05, 3.63) is 105 Å². The molecule has 1 aliphatic carbocycles. The molecule has 3 aliphatic rings. The Bertz CT molecular complexity index is 1800. The van der Waals surface area contributed by atoms with Gasteiger partial charge in [0.2, 0.25) is 5.91 Å². The largest absolute Gasteiger partial charge is 0.486 e. The second-order valence-corrected chi connectivity index (χ2v) is 14.2. The SMILES string of the molecule is COCCCc1ccc(Cl)c(CN(C(=O)[C@H]2[C@@H]3CC[C@@H](C[C@@H]2c2ccc(OCc4cc(-c5c(F)ccc(F)c5Cl)no4)cc2)N3)C2CC2)c1. The number of methoxy groups -OCH3 is 1. The lowest BCUT2D eigenvalue weighted by molar-refractivity contribution is -0.139. The molecular weight excluding hydrogens is 671 g/mol. The number of benzene rings is 3. The molecule has 2 aliphatic heterocycles. The molecule has 7 nitrogen and oxygen atoms in total. The maximum Gasteiger partial charge on any atom is 0.228 e. The Kier molecular flexibility index (Phi) is 10.2. The van der Waals surface area contributed by atoms with Gasteiger partial charge in [-0.15, -0.1) is 0 Å². The lowest BCUT2D eigenvalue weighted by Crippen LogP contribution is -2.52. The van der Waals surface area contributed by atoms with Crippen LogP contribution in [0.3, 0.4) is 0 Å². The molecule has 1 saturated carbocycles.